The lowest BCUT2D eigenvalue weighted by Gasteiger charge is -2.35. The van der Waals surface area contributed by atoms with Gasteiger partial charge in [-0.25, -0.2) is 18.7 Å². The molecule has 0 saturated carbocycles. The van der Waals surface area contributed by atoms with Crippen molar-refractivity contribution in [1.29, 1.82) is 0 Å². The molecule has 0 aliphatic carbocycles. The first-order valence-corrected chi connectivity index (χ1v) is 6.86. The minimum atomic E-state index is -0.540. The zero-order valence-corrected chi connectivity index (χ0v) is 11.7. The Bertz CT molecular complexity index is 677. The Labute approximate surface area is 126 Å². The van der Waals surface area contributed by atoms with Crippen LogP contribution < -0.4 is 4.90 Å². The second-order valence-corrected chi connectivity index (χ2v) is 5.06. The van der Waals surface area contributed by atoms with Crippen LogP contribution in [-0.4, -0.2) is 40.4 Å². The maximum atomic E-state index is 13.7. The van der Waals surface area contributed by atoms with Crippen molar-refractivity contribution in [3.8, 4) is 0 Å². The lowest BCUT2D eigenvalue weighted by atomic mass is 10.2. The van der Waals surface area contributed by atoms with E-state index in [9.17, 15) is 13.6 Å². The fourth-order valence-electron chi connectivity index (χ4n) is 2.41. The third kappa shape index (κ3) is 3.03. The van der Waals surface area contributed by atoms with Crippen LogP contribution in [0.1, 0.15) is 5.56 Å². The van der Waals surface area contributed by atoms with Crippen LogP contribution >= 0.6 is 0 Å². The first-order chi connectivity index (χ1) is 10.6. The van der Waals surface area contributed by atoms with Crippen LogP contribution in [0.25, 0.3) is 0 Å². The molecule has 2 heterocycles. The molecule has 0 radical (unpaired) electrons. The van der Waals surface area contributed by atoms with E-state index in [2.05, 4.69) is 9.97 Å². The van der Waals surface area contributed by atoms with Crippen molar-refractivity contribution in [1.82, 2.24) is 14.9 Å². The molecule has 1 aromatic carbocycles. The Balaban J connectivity index is 1.66. The normalized spacial score (nSPS) is 15.3. The molecule has 1 aliphatic heterocycles. The number of piperazine rings is 1. The summed E-state index contributed by atoms with van der Waals surface area (Å²) < 4.78 is 26.5. The highest BCUT2D eigenvalue weighted by atomic mass is 19.1. The summed E-state index contributed by atoms with van der Waals surface area (Å²) in [5.41, 5.74) is 0.858. The van der Waals surface area contributed by atoms with Crippen LogP contribution in [0.5, 0.6) is 0 Å². The van der Waals surface area contributed by atoms with Crippen molar-refractivity contribution in [3.05, 3.63) is 54.0 Å². The molecule has 1 aliphatic rings. The van der Waals surface area contributed by atoms with E-state index in [1.54, 1.807) is 21.9 Å². The molecular formula is C15H14F2N4O. The Morgan fingerprint density at radius 1 is 1.14 bits per heavy atom. The SMILES string of the molecule is O=C1CN(c2ncncc2F)CCN1Cc1ccc(F)cc1. The first-order valence-electron chi connectivity index (χ1n) is 6.86. The Hall–Kier alpha value is -2.57. The van der Waals surface area contributed by atoms with Gasteiger partial charge in [0.15, 0.2) is 11.6 Å². The van der Waals surface area contributed by atoms with Gasteiger partial charge in [0.2, 0.25) is 5.91 Å². The lowest BCUT2D eigenvalue weighted by Crippen LogP contribution is -2.50. The molecule has 0 unspecified atom stereocenters. The van der Waals surface area contributed by atoms with E-state index in [1.165, 1.54) is 18.5 Å². The molecule has 1 fully saturated rings. The van der Waals surface area contributed by atoms with Gasteiger partial charge in [0.25, 0.3) is 0 Å². The van der Waals surface area contributed by atoms with E-state index in [1.807, 2.05) is 0 Å². The molecule has 1 saturated heterocycles. The van der Waals surface area contributed by atoms with Crippen molar-refractivity contribution < 1.29 is 13.6 Å². The van der Waals surface area contributed by atoms with Crippen molar-refractivity contribution in [2.45, 2.75) is 6.54 Å². The number of nitrogens with zero attached hydrogens (tertiary/aromatic N) is 4. The van der Waals surface area contributed by atoms with Crippen molar-refractivity contribution in [3.63, 3.8) is 0 Å². The van der Waals surface area contributed by atoms with Crippen molar-refractivity contribution in [2.75, 3.05) is 24.5 Å². The molecule has 7 heteroatoms. The molecular weight excluding hydrogens is 290 g/mol. The summed E-state index contributed by atoms with van der Waals surface area (Å²) in [6, 6.07) is 6.04. The topological polar surface area (TPSA) is 49.3 Å². The summed E-state index contributed by atoms with van der Waals surface area (Å²) in [6.45, 7) is 1.43. The van der Waals surface area contributed by atoms with Crippen LogP contribution in [0.4, 0.5) is 14.6 Å². The van der Waals surface area contributed by atoms with Crippen molar-refractivity contribution >= 4 is 11.7 Å². The summed E-state index contributed by atoms with van der Waals surface area (Å²) in [7, 11) is 0. The Morgan fingerprint density at radius 3 is 2.59 bits per heavy atom. The number of rotatable bonds is 3. The first kappa shape index (κ1) is 14.4. The summed E-state index contributed by atoms with van der Waals surface area (Å²) in [5, 5.41) is 0. The Kier molecular flexibility index (Phi) is 3.95. The zero-order chi connectivity index (χ0) is 15.5. The van der Waals surface area contributed by atoms with Gasteiger partial charge in [0, 0.05) is 19.6 Å². The highest BCUT2D eigenvalue weighted by Crippen LogP contribution is 2.18. The van der Waals surface area contributed by atoms with Gasteiger partial charge in [0.05, 0.1) is 12.7 Å². The van der Waals surface area contributed by atoms with Gasteiger partial charge in [-0.05, 0) is 17.7 Å². The van der Waals surface area contributed by atoms with Crippen LogP contribution in [0.15, 0.2) is 36.8 Å². The minimum Gasteiger partial charge on any atom is -0.343 e. The van der Waals surface area contributed by atoms with Gasteiger partial charge in [-0.3, -0.25) is 4.79 Å². The van der Waals surface area contributed by atoms with E-state index in [0.29, 0.717) is 19.6 Å². The van der Waals surface area contributed by atoms with Crippen molar-refractivity contribution in [2.24, 2.45) is 0 Å². The third-order valence-electron chi connectivity index (χ3n) is 3.55. The van der Waals surface area contributed by atoms with Gasteiger partial charge in [-0.1, -0.05) is 12.1 Å². The molecule has 3 rings (SSSR count). The summed E-state index contributed by atoms with van der Waals surface area (Å²) in [5.74, 6) is -0.820. The molecule has 5 nitrogen and oxygen atoms in total. The Morgan fingerprint density at radius 2 is 1.91 bits per heavy atom. The predicted octanol–water partition coefficient (Wildman–Crippen LogP) is 1.60. The molecule has 0 spiro atoms. The van der Waals surface area contributed by atoms with Gasteiger partial charge < -0.3 is 9.80 Å². The van der Waals surface area contributed by atoms with Gasteiger partial charge in [0.1, 0.15) is 12.1 Å². The number of hydrogen-bond donors (Lipinski definition) is 0. The van der Waals surface area contributed by atoms with Crippen LogP contribution in [-0.2, 0) is 11.3 Å². The average molecular weight is 304 g/mol. The van der Waals surface area contributed by atoms with E-state index < -0.39 is 5.82 Å². The molecule has 1 amide bonds. The second kappa shape index (κ2) is 6.05. The van der Waals surface area contributed by atoms with E-state index in [-0.39, 0.29) is 24.1 Å². The van der Waals surface area contributed by atoms with Crippen LogP contribution in [0.3, 0.4) is 0 Å². The number of halogens is 2. The van der Waals surface area contributed by atoms with E-state index >= 15 is 0 Å². The highest BCUT2D eigenvalue weighted by Gasteiger charge is 2.26. The number of aromatic nitrogens is 2. The quantitative estimate of drug-likeness (QED) is 0.864. The van der Waals surface area contributed by atoms with Crippen LogP contribution in [0, 0.1) is 11.6 Å². The van der Waals surface area contributed by atoms with Crippen LogP contribution in [0.2, 0.25) is 0 Å². The number of anilines is 1. The number of carbonyl (C=O) groups is 1. The number of benzene rings is 1. The maximum absolute atomic E-state index is 13.7. The standard InChI is InChI=1S/C15H14F2N4O/c16-12-3-1-11(2-4-12)8-20-5-6-21(9-14(20)22)15-13(17)7-18-10-19-15/h1-4,7,10H,5-6,8-9H2. The molecule has 0 N–H and O–H groups in total. The summed E-state index contributed by atoms with van der Waals surface area (Å²) in [4.78, 5) is 23.0. The molecule has 22 heavy (non-hydrogen) atoms. The summed E-state index contributed by atoms with van der Waals surface area (Å²) >= 11 is 0. The van der Waals surface area contributed by atoms with Gasteiger partial charge in [-0.2, -0.15) is 0 Å². The molecule has 0 bridgehead atoms. The number of carbonyl (C=O) groups excluding carboxylic acids is 1. The smallest absolute Gasteiger partial charge is 0.242 e. The fraction of sp³-hybridized carbons (Fsp3) is 0.267. The molecule has 2 aromatic rings. The summed E-state index contributed by atoms with van der Waals surface area (Å²) in [6.07, 6.45) is 2.34. The number of hydrogen-bond acceptors (Lipinski definition) is 4. The molecule has 114 valence electrons. The second-order valence-electron chi connectivity index (χ2n) is 5.06. The maximum Gasteiger partial charge on any atom is 0.242 e. The third-order valence-corrected chi connectivity index (χ3v) is 3.55. The average Bonchev–Trinajstić information content (AvgIpc) is 2.52. The number of amides is 1. The monoisotopic (exact) mass is 304 g/mol. The largest absolute Gasteiger partial charge is 0.343 e. The molecule has 1 aromatic heterocycles. The van der Waals surface area contributed by atoms with Gasteiger partial charge >= 0.3 is 0 Å². The van der Waals surface area contributed by atoms with Gasteiger partial charge in [-0.15, -0.1) is 0 Å². The fourth-order valence-corrected chi connectivity index (χ4v) is 2.41. The van der Waals surface area contributed by atoms with E-state index in [4.69, 9.17) is 0 Å². The zero-order valence-electron chi connectivity index (χ0n) is 11.7. The minimum absolute atomic E-state index is 0.0646. The molecule has 0 atom stereocenters. The predicted molar refractivity (Wildman–Crippen MR) is 76.0 cm³/mol. The highest BCUT2D eigenvalue weighted by molar-refractivity contribution is 5.82. The van der Waals surface area contributed by atoms with E-state index in [0.717, 1.165) is 11.8 Å². The lowest BCUT2D eigenvalue weighted by molar-refractivity contribution is -0.131.